The molecular formula is C13H19ClFNS. The Morgan fingerprint density at radius 1 is 1.47 bits per heavy atom. The van der Waals surface area contributed by atoms with Crippen molar-refractivity contribution >= 4 is 23.4 Å². The highest BCUT2D eigenvalue weighted by molar-refractivity contribution is 7.99. The van der Waals surface area contributed by atoms with E-state index >= 15 is 0 Å². The van der Waals surface area contributed by atoms with E-state index in [2.05, 4.69) is 12.2 Å². The largest absolute Gasteiger partial charge is 0.316 e. The molecule has 0 saturated heterocycles. The molecule has 0 heterocycles. The highest BCUT2D eigenvalue weighted by Gasteiger charge is 2.10. The van der Waals surface area contributed by atoms with Gasteiger partial charge in [-0.1, -0.05) is 24.6 Å². The molecule has 0 aromatic heterocycles. The second kappa shape index (κ2) is 7.96. The summed E-state index contributed by atoms with van der Waals surface area (Å²) in [5.74, 6) is 1.95. The molecule has 1 N–H and O–H groups in total. The molecule has 17 heavy (non-hydrogen) atoms. The summed E-state index contributed by atoms with van der Waals surface area (Å²) < 4.78 is 13.6. The first-order valence-electron chi connectivity index (χ1n) is 5.86. The lowest BCUT2D eigenvalue weighted by molar-refractivity contribution is 0.568. The van der Waals surface area contributed by atoms with Gasteiger partial charge >= 0.3 is 0 Å². The van der Waals surface area contributed by atoms with Crippen LogP contribution < -0.4 is 5.32 Å². The molecule has 1 aromatic rings. The van der Waals surface area contributed by atoms with Crippen LogP contribution in [0.25, 0.3) is 0 Å². The fourth-order valence-corrected chi connectivity index (χ4v) is 2.75. The Morgan fingerprint density at radius 3 is 2.82 bits per heavy atom. The molecule has 1 aromatic carbocycles. The van der Waals surface area contributed by atoms with E-state index in [1.54, 1.807) is 12.1 Å². The van der Waals surface area contributed by atoms with Crippen LogP contribution in [0.15, 0.2) is 18.2 Å². The number of nitrogens with one attached hydrogen (secondary N) is 1. The molecule has 0 aliphatic rings. The van der Waals surface area contributed by atoms with E-state index in [1.165, 1.54) is 12.5 Å². The summed E-state index contributed by atoms with van der Waals surface area (Å²) in [7, 11) is 1.92. The molecule has 0 fully saturated rings. The second-order valence-electron chi connectivity index (χ2n) is 4.00. The molecular weight excluding hydrogens is 257 g/mol. The molecule has 1 nitrogen and oxygen atoms in total. The third kappa shape index (κ3) is 5.28. The number of benzene rings is 1. The van der Waals surface area contributed by atoms with Gasteiger partial charge < -0.3 is 5.32 Å². The van der Waals surface area contributed by atoms with Gasteiger partial charge in [-0.15, -0.1) is 0 Å². The highest BCUT2D eigenvalue weighted by Crippen LogP contribution is 2.17. The van der Waals surface area contributed by atoms with Gasteiger partial charge in [-0.2, -0.15) is 11.8 Å². The van der Waals surface area contributed by atoms with E-state index in [9.17, 15) is 4.39 Å². The van der Waals surface area contributed by atoms with E-state index in [-0.39, 0.29) is 5.82 Å². The van der Waals surface area contributed by atoms with Gasteiger partial charge in [-0.3, -0.25) is 0 Å². The van der Waals surface area contributed by atoms with Gasteiger partial charge in [0.15, 0.2) is 0 Å². The Bertz CT molecular complexity index is 346. The molecule has 1 atom stereocenters. The predicted molar refractivity (Wildman–Crippen MR) is 75.6 cm³/mol. The molecule has 4 heteroatoms. The van der Waals surface area contributed by atoms with Crippen molar-refractivity contribution in [2.24, 2.45) is 0 Å². The number of hydrogen-bond donors (Lipinski definition) is 1. The summed E-state index contributed by atoms with van der Waals surface area (Å²) in [6, 6.07) is 5.20. The lowest BCUT2D eigenvalue weighted by atomic mass is 10.1. The predicted octanol–water partition coefficient (Wildman–Crippen LogP) is 3.75. The van der Waals surface area contributed by atoms with Crippen LogP contribution in [0, 0.1) is 5.82 Å². The van der Waals surface area contributed by atoms with Gasteiger partial charge in [0.1, 0.15) is 5.82 Å². The molecule has 0 saturated carbocycles. The lowest BCUT2D eigenvalue weighted by Crippen LogP contribution is -2.30. The third-order valence-corrected chi connectivity index (χ3v) is 4.13. The molecule has 96 valence electrons. The second-order valence-corrected chi connectivity index (χ2v) is 5.59. The zero-order chi connectivity index (χ0) is 12.7. The first kappa shape index (κ1) is 14.8. The Morgan fingerprint density at radius 2 is 2.24 bits per heavy atom. The number of hydrogen-bond acceptors (Lipinski definition) is 2. The van der Waals surface area contributed by atoms with Crippen LogP contribution in [-0.4, -0.2) is 24.6 Å². The lowest BCUT2D eigenvalue weighted by Gasteiger charge is -2.16. The maximum absolute atomic E-state index is 13.6. The molecule has 0 spiro atoms. The first-order valence-corrected chi connectivity index (χ1v) is 7.39. The normalized spacial score (nSPS) is 12.7. The Labute approximate surface area is 112 Å². The molecule has 1 unspecified atom stereocenters. The van der Waals surface area contributed by atoms with Crippen LogP contribution >= 0.6 is 23.4 Å². The van der Waals surface area contributed by atoms with Crippen molar-refractivity contribution in [2.75, 3.05) is 18.6 Å². The summed E-state index contributed by atoms with van der Waals surface area (Å²) in [6.07, 6.45) is 1.88. The molecule has 0 aliphatic carbocycles. The summed E-state index contributed by atoms with van der Waals surface area (Å²) >= 11 is 7.63. The minimum Gasteiger partial charge on any atom is -0.316 e. The van der Waals surface area contributed by atoms with Gasteiger partial charge in [0.05, 0.1) is 0 Å². The van der Waals surface area contributed by atoms with Gasteiger partial charge in [-0.05, 0) is 43.3 Å². The average Bonchev–Trinajstić information content (AvgIpc) is 2.31. The summed E-state index contributed by atoms with van der Waals surface area (Å²) in [4.78, 5) is 0. The van der Waals surface area contributed by atoms with E-state index in [0.717, 1.165) is 17.1 Å². The van der Waals surface area contributed by atoms with Crippen molar-refractivity contribution in [3.05, 3.63) is 34.6 Å². The van der Waals surface area contributed by atoms with E-state index < -0.39 is 0 Å². The summed E-state index contributed by atoms with van der Waals surface area (Å²) in [5.41, 5.74) is 0.728. The van der Waals surface area contributed by atoms with Crippen molar-refractivity contribution in [3.8, 4) is 0 Å². The maximum Gasteiger partial charge on any atom is 0.127 e. The average molecular weight is 276 g/mol. The zero-order valence-electron chi connectivity index (χ0n) is 10.3. The smallest absolute Gasteiger partial charge is 0.127 e. The number of halogens is 2. The standard InChI is InChI=1S/C13H19ClFNS/c1-3-6-17-9-12(16-2)7-10-4-5-11(14)8-13(10)15/h4-5,8,12,16H,3,6-7,9H2,1-2H3. The minimum absolute atomic E-state index is 0.210. The molecule has 0 radical (unpaired) electrons. The van der Waals surface area contributed by atoms with Crippen molar-refractivity contribution in [1.82, 2.24) is 5.32 Å². The number of thioether (sulfide) groups is 1. The first-order chi connectivity index (χ1) is 8.17. The van der Waals surface area contributed by atoms with Gasteiger partial charge in [0.2, 0.25) is 0 Å². The molecule has 0 amide bonds. The van der Waals surface area contributed by atoms with Crippen LogP contribution in [0.3, 0.4) is 0 Å². The van der Waals surface area contributed by atoms with Crippen LogP contribution in [0.1, 0.15) is 18.9 Å². The topological polar surface area (TPSA) is 12.0 Å². The van der Waals surface area contributed by atoms with Crippen LogP contribution in [0.5, 0.6) is 0 Å². The monoisotopic (exact) mass is 275 g/mol. The summed E-state index contributed by atoms with van der Waals surface area (Å²) in [6.45, 7) is 2.17. The number of likely N-dealkylation sites (N-methyl/N-ethyl adjacent to an activating group) is 1. The van der Waals surface area contributed by atoms with Gasteiger partial charge in [-0.25, -0.2) is 4.39 Å². The Hall–Kier alpha value is -0.250. The Balaban J connectivity index is 2.54. The van der Waals surface area contributed by atoms with Crippen molar-refractivity contribution in [2.45, 2.75) is 25.8 Å². The van der Waals surface area contributed by atoms with Gasteiger partial charge in [0.25, 0.3) is 0 Å². The minimum atomic E-state index is -0.210. The van der Waals surface area contributed by atoms with E-state index in [4.69, 9.17) is 11.6 Å². The number of rotatable bonds is 7. The SMILES string of the molecule is CCCSCC(Cc1ccc(Cl)cc1F)NC. The molecule has 0 bridgehead atoms. The van der Waals surface area contributed by atoms with Crippen LogP contribution in [0.4, 0.5) is 4.39 Å². The zero-order valence-corrected chi connectivity index (χ0v) is 11.9. The van der Waals surface area contributed by atoms with Crippen molar-refractivity contribution < 1.29 is 4.39 Å². The van der Waals surface area contributed by atoms with Gasteiger partial charge in [0, 0.05) is 16.8 Å². The molecule has 1 rings (SSSR count). The third-order valence-electron chi connectivity index (χ3n) is 2.56. The highest BCUT2D eigenvalue weighted by atomic mass is 35.5. The summed E-state index contributed by atoms with van der Waals surface area (Å²) in [5, 5.41) is 3.68. The van der Waals surface area contributed by atoms with Crippen molar-refractivity contribution in [3.63, 3.8) is 0 Å². The van der Waals surface area contributed by atoms with Crippen LogP contribution in [-0.2, 0) is 6.42 Å². The fraction of sp³-hybridized carbons (Fsp3) is 0.538. The fourth-order valence-electron chi connectivity index (χ4n) is 1.57. The van der Waals surface area contributed by atoms with E-state index in [0.29, 0.717) is 17.5 Å². The van der Waals surface area contributed by atoms with Crippen LogP contribution in [0.2, 0.25) is 5.02 Å². The Kier molecular flexibility index (Phi) is 6.93. The quantitative estimate of drug-likeness (QED) is 0.761. The van der Waals surface area contributed by atoms with E-state index in [1.807, 2.05) is 18.8 Å². The van der Waals surface area contributed by atoms with Crippen molar-refractivity contribution in [1.29, 1.82) is 0 Å². The maximum atomic E-state index is 13.6. The molecule has 0 aliphatic heterocycles.